The lowest BCUT2D eigenvalue weighted by atomic mass is 10.1. The molecule has 0 aliphatic heterocycles. The Morgan fingerprint density at radius 3 is 2.07 bits per heavy atom. The minimum absolute atomic E-state index is 0.00348. The molecule has 0 aliphatic rings. The number of sulfonamides is 1. The molecule has 3 aromatic carbocycles. The van der Waals surface area contributed by atoms with Gasteiger partial charge in [-0.1, -0.05) is 42.0 Å². The smallest absolute Gasteiger partial charge is 0.261 e. The minimum atomic E-state index is -3.93. The Kier molecular flexibility index (Phi) is 5.79. The fourth-order valence-corrected chi connectivity index (χ4v) is 3.76. The Bertz CT molecular complexity index is 1150. The average Bonchev–Trinajstić information content (AvgIpc) is 2.70. The molecular weight excluding hydrogens is 388 g/mol. The molecule has 0 bridgehead atoms. The number of hydrogen-bond acceptors (Lipinski definition) is 4. The molecule has 148 valence electrons. The minimum Gasteiger partial charge on any atom is -0.322 e. The molecule has 6 nitrogen and oxygen atoms in total. The summed E-state index contributed by atoms with van der Waals surface area (Å²) in [5, 5.41) is 2.76. The van der Waals surface area contributed by atoms with E-state index in [1.165, 1.54) is 37.3 Å². The van der Waals surface area contributed by atoms with Crippen molar-refractivity contribution in [1.29, 1.82) is 0 Å². The second-order valence-corrected chi connectivity index (χ2v) is 8.23. The van der Waals surface area contributed by atoms with Crippen LogP contribution in [0.25, 0.3) is 0 Å². The topological polar surface area (TPSA) is 92.3 Å². The lowest BCUT2D eigenvalue weighted by Crippen LogP contribution is -2.18. The van der Waals surface area contributed by atoms with E-state index in [0.29, 0.717) is 11.3 Å². The van der Waals surface area contributed by atoms with Crippen LogP contribution in [-0.2, 0) is 10.0 Å². The van der Waals surface area contributed by atoms with E-state index in [-0.39, 0.29) is 21.9 Å². The largest absolute Gasteiger partial charge is 0.322 e. The van der Waals surface area contributed by atoms with E-state index in [4.69, 9.17) is 0 Å². The van der Waals surface area contributed by atoms with Gasteiger partial charge in [0.25, 0.3) is 15.9 Å². The van der Waals surface area contributed by atoms with Crippen LogP contribution in [0.4, 0.5) is 11.4 Å². The Morgan fingerprint density at radius 2 is 1.45 bits per heavy atom. The second kappa shape index (κ2) is 8.28. The first-order valence-corrected chi connectivity index (χ1v) is 10.4. The third kappa shape index (κ3) is 4.89. The highest BCUT2D eigenvalue weighted by atomic mass is 32.2. The number of carbonyl (C=O) groups is 2. The first kappa shape index (κ1) is 20.3. The summed E-state index contributed by atoms with van der Waals surface area (Å²) in [6, 6.07) is 19.3. The van der Waals surface area contributed by atoms with Crippen molar-refractivity contribution < 1.29 is 18.0 Å². The highest BCUT2D eigenvalue weighted by Crippen LogP contribution is 2.22. The molecule has 0 saturated carbocycles. The summed E-state index contributed by atoms with van der Waals surface area (Å²) in [6.07, 6.45) is 0. The van der Waals surface area contributed by atoms with E-state index in [1.807, 2.05) is 19.1 Å². The number of anilines is 2. The number of para-hydroxylation sites is 1. The molecule has 0 saturated heterocycles. The second-order valence-electron chi connectivity index (χ2n) is 6.55. The molecule has 3 rings (SSSR count). The third-order valence-corrected chi connectivity index (χ3v) is 5.68. The predicted molar refractivity (Wildman–Crippen MR) is 113 cm³/mol. The first-order chi connectivity index (χ1) is 13.8. The summed E-state index contributed by atoms with van der Waals surface area (Å²) >= 11 is 0. The maximum Gasteiger partial charge on any atom is 0.261 e. The first-order valence-electron chi connectivity index (χ1n) is 8.87. The van der Waals surface area contributed by atoms with Crippen LogP contribution in [0.5, 0.6) is 0 Å². The van der Waals surface area contributed by atoms with Gasteiger partial charge in [-0.3, -0.25) is 14.3 Å². The molecule has 0 radical (unpaired) electrons. The summed E-state index contributed by atoms with van der Waals surface area (Å²) < 4.78 is 27.9. The summed E-state index contributed by atoms with van der Waals surface area (Å²) in [5.41, 5.74) is 2.44. The van der Waals surface area contributed by atoms with Crippen molar-refractivity contribution >= 4 is 33.1 Å². The number of amides is 1. The molecule has 0 unspecified atom stereocenters. The van der Waals surface area contributed by atoms with Crippen molar-refractivity contribution in [2.45, 2.75) is 18.7 Å². The summed E-state index contributed by atoms with van der Waals surface area (Å²) in [5.74, 6) is -0.584. The van der Waals surface area contributed by atoms with Crippen molar-refractivity contribution in [2.24, 2.45) is 0 Å². The number of aryl methyl sites for hydroxylation is 1. The average molecular weight is 408 g/mol. The molecular formula is C22H20N2O4S. The van der Waals surface area contributed by atoms with Crippen LogP contribution >= 0.6 is 0 Å². The number of Topliss-reactive ketones (excluding diaryl/α,β-unsaturated/α-hetero) is 1. The van der Waals surface area contributed by atoms with E-state index < -0.39 is 15.9 Å². The van der Waals surface area contributed by atoms with Gasteiger partial charge < -0.3 is 5.32 Å². The molecule has 0 heterocycles. The van der Waals surface area contributed by atoms with Crippen molar-refractivity contribution in [3.8, 4) is 0 Å². The standard InChI is InChI=1S/C22H20N2O4S/c1-15-7-11-18(12-8-15)23-22(26)20-5-3-4-6-21(20)24-29(27,28)19-13-9-17(10-14-19)16(2)25/h3-14,24H,1-2H3,(H,23,26). The normalized spacial score (nSPS) is 11.0. The zero-order chi connectivity index (χ0) is 21.0. The number of nitrogens with one attached hydrogen (secondary N) is 2. The van der Waals surface area contributed by atoms with Gasteiger partial charge in [-0.2, -0.15) is 0 Å². The monoisotopic (exact) mass is 408 g/mol. The van der Waals surface area contributed by atoms with Crippen LogP contribution in [-0.4, -0.2) is 20.1 Å². The number of hydrogen-bond donors (Lipinski definition) is 2. The lowest BCUT2D eigenvalue weighted by molar-refractivity contribution is 0.101. The Labute approximate surface area is 169 Å². The van der Waals surface area contributed by atoms with E-state index in [1.54, 1.807) is 30.3 Å². The Hall–Kier alpha value is -3.45. The van der Waals surface area contributed by atoms with Gasteiger partial charge in [-0.25, -0.2) is 8.42 Å². The molecule has 7 heteroatoms. The van der Waals surface area contributed by atoms with Gasteiger partial charge >= 0.3 is 0 Å². The molecule has 1 amide bonds. The molecule has 2 N–H and O–H groups in total. The Balaban J connectivity index is 1.85. The molecule has 0 atom stereocenters. The van der Waals surface area contributed by atoms with Gasteiger partial charge in [-0.05, 0) is 50.2 Å². The van der Waals surface area contributed by atoms with E-state index in [9.17, 15) is 18.0 Å². The van der Waals surface area contributed by atoms with Gasteiger partial charge in [0.05, 0.1) is 16.1 Å². The van der Waals surface area contributed by atoms with E-state index >= 15 is 0 Å². The maximum absolute atomic E-state index is 12.7. The fraction of sp³-hybridized carbons (Fsp3) is 0.0909. The summed E-state index contributed by atoms with van der Waals surface area (Å²) in [6.45, 7) is 3.35. The van der Waals surface area contributed by atoms with Crippen LogP contribution in [0.15, 0.2) is 77.7 Å². The fourth-order valence-electron chi connectivity index (χ4n) is 2.68. The molecule has 3 aromatic rings. The van der Waals surface area contributed by atoms with Crippen molar-refractivity contribution in [3.05, 3.63) is 89.5 Å². The van der Waals surface area contributed by atoms with Crippen molar-refractivity contribution in [2.75, 3.05) is 10.0 Å². The zero-order valence-corrected chi connectivity index (χ0v) is 16.8. The summed E-state index contributed by atoms with van der Waals surface area (Å²) in [4.78, 5) is 24.1. The van der Waals surface area contributed by atoms with E-state index in [2.05, 4.69) is 10.0 Å². The number of ketones is 1. The third-order valence-electron chi connectivity index (χ3n) is 4.30. The van der Waals surface area contributed by atoms with Crippen LogP contribution in [0.3, 0.4) is 0 Å². The van der Waals surface area contributed by atoms with E-state index in [0.717, 1.165) is 5.56 Å². The van der Waals surface area contributed by atoms with Crippen LogP contribution < -0.4 is 10.0 Å². The molecule has 0 spiro atoms. The highest BCUT2D eigenvalue weighted by Gasteiger charge is 2.19. The predicted octanol–water partition coefficient (Wildman–Crippen LogP) is 4.25. The zero-order valence-electron chi connectivity index (χ0n) is 16.0. The van der Waals surface area contributed by atoms with Gasteiger partial charge in [0.1, 0.15) is 0 Å². The lowest BCUT2D eigenvalue weighted by Gasteiger charge is -2.13. The van der Waals surface area contributed by atoms with Crippen molar-refractivity contribution in [3.63, 3.8) is 0 Å². The number of carbonyl (C=O) groups excluding carboxylic acids is 2. The number of rotatable bonds is 6. The van der Waals surface area contributed by atoms with Crippen molar-refractivity contribution in [1.82, 2.24) is 0 Å². The van der Waals surface area contributed by atoms with Crippen LogP contribution in [0.1, 0.15) is 33.2 Å². The number of benzene rings is 3. The molecule has 0 fully saturated rings. The molecule has 0 aromatic heterocycles. The maximum atomic E-state index is 12.7. The highest BCUT2D eigenvalue weighted by molar-refractivity contribution is 7.92. The summed E-state index contributed by atoms with van der Waals surface area (Å²) in [7, 11) is -3.93. The SMILES string of the molecule is CC(=O)c1ccc(S(=O)(=O)Nc2ccccc2C(=O)Nc2ccc(C)cc2)cc1. The molecule has 29 heavy (non-hydrogen) atoms. The van der Waals surface area contributed by atoms with Crippen LogP contribution in [0, 0.1) is 6.92 Å². The van der Waals surface area contributed by atoms with Gasteiger partial charge in [-0.15, -0.1) is 0 Å². The van der Waals surface area contributed by atoms with Crippen LogP contribution in [0.2, 0.25) is 0 Å². The van der Waals surface area contributed by atoms with Gasteiger partial charge in [0, 0.05) is 11.3 Å². The van der Waals surface area contributed by atoms with Gasteiger partial charge in [0.15, 0.2) is 5.78 Å². The Morgan fingerprint density at radius 1 is 0.828 bits per heavy atom. The quantitative estimate of drug-likeness (QED) is 0.597. The molecule has 0 aliphatic carbocycles. The van der Waals surface area contributed by atoms with Gasteiger partial charge in [0.2, 0.25) is 0 Å².